The normalized spacial score (nSPS) is 48.6. The Morgan fingerprint density at radius 2 is 1.55 bits per heavy atom. The summed E-state index contributed by atoms with van der Waals surface area (Å²) in [5.74, 6) is 3.26. The van der Waals surface area contributed by atoms with Crippen LogP contribution in [0.15, 0.2) is 11.6 Å². The van der Waals surface area contributed by atoms with E-state index in [4.69, 9.17) is 0 Å². The molecule has 0 saturated heterocycles. The van der Waals surface area contributed by atoms with Crippen molar-refractivity contribution >= 4 is 0 Å². The maximum Gasteiger partial charge on any atom is 0.101 e. The fourth-order valence-corrected chi connectivity index (χ4v) is 9.75. The van der Waals surface area contributed by atoms with Gasteiger partial charge in [-0.05, 0) is 116 Å². The van der Waals surface area contributed by atoms with Gasteiger partial charge in [0.05, 0.1) is 18.3 Å². The Kier molecular flexibility index (Phi) is 7.17. The zero-order valence-corrected chi connectivity index (χ0v) is 21.9. The van der Waals surface area contributed by atoms with Crippen LogP contribution in [0, 0.1) is 52.3 Å². The molecule has 33 heavy (non-hydrogen) atoms. The van der Waals surface area contributed by atoms with Crippen molar-refractivity contribution in [3.8, 4) is 0 Å². The van der Waals surface area contributed by atoms with Crippen LogP contribution < -0.4 is 0 Å². The van der Waals surface area contributed by atoms with Crippen LogP contribution >= 0.6 is 0 Å². The molecule has 4 fully saturated rings. The molecule has 0 radical (unpaired) electrons. The Bertz CT molecular complexity index is 733. The molecule has 4 rings (SSSR count). The van der Waals surface area contributed by atoms with Crippen molar-refractivity contribution in [3.05, 3.63) is 11.6 Å². The number of fused-ring (bicyclic) bond motifs is 5. The van der Waals surface area contributed by atoms with Gasteiger partial charge in [-0.2, -0.15) is 0 Å². The van der Waals surface area contributed by atoms with Gasteiger partial charge in [-0.15, -0.1) is 0 Å². The minimum atomic E-state index is -0.784. The molecule has 0 spiro atoms. The van der Waals surface area contributed by atoms with Crippen LogP contribution in [0.5, 0.6) is 0 Å². The highest BCUT2D eigenvalue weighted by atomic mass is 16.3. The number of hydrogen-bond acceptors (Lipinski definition) is 4. The van der Waals surface area contributed by atoms with Gasteiger partial charge in [-0.3, -0.25) is 0 Å². The summed E-state index contributed by atoms with van der Waals surface area (Å²) in [6, 6.07) is 0. The van der Waals surface area contributed by atoms with Gasteiger partial charge in [-0.1, -0.05) is 40.7 Å². The first-order valence-electron chi connectivity index (χ1n) is 13.8. The molecule has 4 unspecified atom stereocenters. The molecule has 4 heteroatoms. The number of hydrogen-bond donors (Lipinski definition) is 4. The number of rotatable bonds is 5. The second-order valence-corrected chi connectivity index (χ2v) is 13.2. The average molecular weight is 463 g/mol. The molecule has 0 aromatic carbocycles. The maximum atomic E-state index is 11.2. The van der Waals surface area contributed by atoms with E-state index in [2.05, 4.69) is 34.6 Å². The SMILES string of the molecule is C/C=C(\C(C)C)[C@@H](O)[C@H](O)[C@@H](C)[C@H]1CCC2C3CCC4C[C@H](O)[C@H](O)C[C@]4(C)C3CC[C@@]21C. The van der Waals surface area contributed by atoms with Gasteiger partial charge in [-0.25, -0.2) is 0 Å². The van der Waals surface area contributed by atoms with E-state index in [0.717, 1.165) is 24.8 Å². The molecule has 190 valence electrons. The average Bonchev–Trinajstić information content (AvgIpc) is 3.11. The van der Waals surface area contributed by atoms with E-state index in [-0.39, 0.29) is 22.7 Å². The lowest BCUT2D eigenvalue weighted by Crippen LogP contribution is -2.57. The largest absolute Gasteiger partial charge is 0.390 e. The second kappa shape index (κ2) is 9.22. The quantitative estimate of drug-likeness (QED) is 0.436. The third-order valence-electron chi connectivity index (χ3n) is 11.6. The van der Waals surface area contributed by atoms with Gasteiger partial charge in [0.1, 0.15) is 6.10 Å². The van der Waals surface area contributed by atoms with Crippen LogP contribution in [0.3, 0.4) is 0 Å². The molecular weight excluding hydrogens is 412 g/mol. The molecule has 0 heterocycles. The maximum absolute atomic E-state index is 11.2. The Morgan fingerprint density at radius 1 is 0.879 bits per heavy atom. The molecule has 0 aliphatic heterocycles. The molecule has 4 nitrogen and oxygen atoms in total. The Labute approximate surface area is 201 Å². The van der Waals surface area contributed by atoms with Crippen LogP contribution in [0.4, 0.5) is 0 Å². The highest BCUT2D eigenvalue weighted by molar-refractivity contribution is 5.15. The first-order valence-corrected chi connectivity index (χ1v) is 13.8. The summed E-state index contributed by atoms with van der Waals surface area (Å²) in [6.45, 7) is 13.2. The van der Waals surface area contributed by atoms with E-state index >= 15 is 0 Å². The van der Waals surface area contributed by atoms with Gasteiger partial charge in [0.25, 0.3) is 0 Å². The summed E-state index contributed by atoms with van der Waals surface area (Å²) >= 11 is 0. The molecule has 0 aromatic heterocycles. The van der Waals surface area contributed by atoms with Crippen molar-refractivity contribution in [2.75, 3.05) is 0 Å². The third-order valence-corrected chi connectivity index (χ3v) is 11.6. The predicted molar refractivity (Wildman–Crippen MR) is 132 cm³/mol. The Hall–Kier alpha value is -0.420. The van der Waals surface area contributed by atoms with E-state index in [1.165, 1.54) is 32.1 Å². The lowest BCUT2D eigenvalue weighted by Gasteiger charge is -2.61. The fourth-order valence-electron chi connectivity index (χ4n) is 9.75. The first kappa shape index (κ1) is 25.7. The van der Waals surface area contributed by atoms with Crippen LogP contribution in [-0.4, -0.2) is 44.8 Å². The van der Waals surface area contributed by atoms with Crippen molar-refractivity contribution in [2.24, 2.45) is 52.3 Å². The summed E-state index contributed by atoms with van der Waals surface area (Å²) < 4.78 is 0. The molecule has 0 amide bonds. The number of allylic oxidation sites excluding steroid dienone is 1. The summed E-state index contributed by atoms with van der Waals surface area (Å²) in [7, 11) is 0. The summed E-state index contributed by atoms with van der Waals surface area (Å²) in [6.07, 6.45) is 8.01. The standard InChI is InChI=1S/C29H50O4/c1-7-19(16(2)3)27(33)26(32)17(4)21-10-11-22-20-9-8-18-14-24(30)25(31)15-29(18,6)23(20)12-13-28(21,22)5/h7,16-18,20-27,30-33H,8-15H2,1-6H3/b19-7+/t17-,18?,20?,21+,22?,23?,24-,25+,26+,27+,28+,29-/m0/s1. The first-order chi connectivity index (χ1) is 15.5. The minimum absolute atomic E-state index is 0.0684. The molecule has 4 aliphatic carbocycles. The highest BCUT2D eigenvalue weighted by Gasteiger charge is 2.61. The monoisotopic (exact) mass is 462 g/mol. The van der Waals surface area contributed by atoms with Crippen LogP contribution in [-0.2, 0) is 0 Å². The minimum Gasteiger partial charge on any atom is -0.390 e. The van der Waals surface area contributed by atoms with Crippen LogP contribution in [0.25, 0.3) is 0 Å². The molecule has 4 N–H and O–H groups in total. The second-order valence-electron chi connectivity index (χ2n) is 13.2. The highest BCUT2D eigenvalue weighted by Crippen LogP contribution is 2.68. The van der Waals surface area contributed by atoms with Crippen LogP contribution in [0.1, 0.15) is 92.9 Å². The zero-order valence-electron chi connectivity index (χ0n) is 21.9. The lowest BCUT2D eigenvalue weighted by atomic mass is 9.44. The van der Waals surface area contributed by atoms with Crippen molar-refractivity contribution in [2.45, 2.75) is 117 Å². The molecule has 12 atom stereocenters. The Balaban J connectivity index is 1.53. The van der Waals surface area contributed by atoms with Crippen LogP contribution in [0.2, 0.25) is 0 Å². The van der Waals surface area contributed by atoms with Crippen molar-refractivity contribution in [3.63, 3.8) is 0 Å². The summed E-state index contributed by atoms with van der Waals surface area (Å²) in [5, 5.41) is 43.1. The van der Waals surface area contributed by atoms with E-state index in [0.29, 0.717) is 29.6 Å². The Morgan fingerprint density at radius 3 is 2.18 bits per heavy atom. The summed E-state index contributed by atoms with van der Waals surface area (Å²) in [5.41, 5.74) is 1.30. The van der Waals surface area contributed by atoms with E-state index in [1.807, 2.05) is 13.0 Å². The van der Waals surface area contributed by atoms with Crippen molar-refractivity contribution in [1.29, 1.82) is 0 Å². The molecular formula is C29H50O4. The van der Waals surface area contributed by atoms with Gasteiger partial charge >= 0.3 is 0 Å². The predicted octanol–water partition coefficient (Wildman–Crippen LogP) is 4.94. The van der Waals surface area contributed by atoms with E-state index < -0.39 is 24.4 Å². The van der Waals surface area contributed by atoms with Crippen molar-refractivity contribution in [1.82, 2.24) is 0 Å². The van der Waals surface area contributed by atoms with Gasteiger partial charge < -0.3 is 20.4 Å². The van der Waals surface area contributed by atoms with Gasteiger partial charge in [0.2, 0.25) is 0 Å². The zero-order chi connectivity index (χ0) is 24.3. The number of aliphatic hydroxyl groups is 4. The van der Waals surface area contributed by atoms with Gasteiger partial charge in [0.15, 0.2) is 0 Å². The lowest BCUT2D eigenvalue weighted by molar-refractivity contribution is -0.162. The van der Waals surface area contributed by atoms with E-state index in [9.17, 15) is 20.4 Å². The van der Waals surface area contributed by atoms with E-state index in [1.54, 1.807) is 0 Å². The van der Waals surface area contributed by atoms with Crippen molar-refractivity contribution < 1.29 is 20.4 Å². The summed E-state index contributed by atoms with van der Waals surface area (Å²) in [4.78, 5) is 0. The fraction of sp³-hybridized carbons (Fsp3) is 0.931. The van der Waals surface area contributed by atoms with Gasteiger partial charge in [0, 0.05) is 0 Å². The molecule has 4 saturated carbocycles. The molecule has 0 aromatic rings. The molecule has 4 aliphatic rings. The topological polar surface area (TPSA) is 80.9 Å². The number of aliphatic hydroxyl groups excluding tert-OH is 4. The third kappa shape index (κ3) is 4.05. The molecule has 0 bridgehead atoms. The smallest absolute Gasteiger partial charge is 0.101 e.